The molecule has 0 heterocycles. The molecule has 0 aliphatic heterocycles. The van der Waals surface area contributed by atoms with Crippen molar-refractivity contribution in [3.05, 3.63) is 0 Å². The van der Waals surface area contributed by atoms with Crippen LogP contribution in [-0.2, 0) is 4.79 Å². The molecule has 11 heavy (non-hydrogen) atoms. The first-order valence-corrected chi connectivity index (χ1v) is 3.72. The minimum atomic E-state index is -2.15. The first-order chi connectivity index (χ1) is 5.50. The van der Waals surface area contributed by atoms with Crippen LogP contribution in [0.4, 0.5) is 0 Å². The zero-order valence-corrected chi connectivity index (χ0v) is 9.35. The molecule has 0 aromatic heterocycles. The molecule has 0 N–H and O–H groups in total. The number of aliphatic carboxylic acids is 1. The van der Waals surface area contributed by atoms with Crippen molar-refractivity contribution in [2.75, 3.05) is 0 Å². The van der Waals surface area contributed by atoms with Crippen LogP contribution in [0.15, 0.2) is 0 Å². The third-order valence-electron chi connectivity index (χ3n) is 1.30. The van der Waals surface area contributed by atoms with Crippen molar-refractivity contribution in [3.8, 4) is 0 Å². The fourth-order valence-electron chi connectivity index (χ4n) is 0.742. The predicted octanol–water partition coefficient (Wildman–Crippen LogP) is -1.90. The smallest absolute Gasteiger partial charge is 0.550 e. The molecular weight excluding hydrogens is 151 g/mol. The molecule has 0 aromatic rings. The van der Waals surface area contributed by atoms with Gasteiger partial charge in [-0.3, -0.25) is 0 Å². The summed E-state index contributed by atoms with van der Waals surface area (Å²) in [5, 5.41) is 10.2. The summed E-state index contributed by atoms with van der Waals surface area (Å²) in [5.41, 5.74) is 0. The Morgan fingerprint density at radius 3 is 2.36 bits per heavy atom. The largest absolute Gasteiger partial charge is 1.00 e. The Balaban J connectivity index is 0. The van der Waals surface area contributed by atoms with Gasteiger partial charge in [-0.05, 0) is 12.8 Å². The van der Waals surface area contributed by atoms with E-state index >= 15 is 0 Å². The molecule has 0 saturated carbocycles. The van der Waals surface area contributed by atoms with Gasteiger partial charge in [0.2, 0.25) is 0 Å². The maximum absolute atomic E-state index is 10.2. The summed E-state index contributed by atoms with van der Waals surface area (Å²) in [5.74, 6) is -1.60. The first kappa shape index (κ1) is 9.56. The van der Waals surface area contributed by atoms with Crippen LogP contribution in [0.3, 0.4) is 0 Å². The summed E-state index contributed by atoms with van der Waals surface area (Å²) in [6.07, 6.45) is 1.53. The fraction of sp³-hybridized carbons (Fsp3) is 0.875. The van der Waals surface area contributed by atoms with Crippen molar-refractivity contribution in [1.29, 1.82) is 0 Å². The molecule has 0 atom stereocenters. The molecule has 0 bridgehead atoms. The molecule has 0 aliphatic carbocycles. The van der Waals surface area contributed by atoms with E-state index in [1.54, 1.807) is 0 Å². The first-order valence-electron chi connectivity index (χ1n) is 4.72. The fourth-order valence-corrected chi connectivity index (χ4v) is 0.742. The summed E-state index contributed by atoms with van der Waals surface area (Å²) in [6.45, 7) is 2.05. The summed E-state index contributed by atoms with van der Waals surface area (Å²) in [4.78, 5) is 10.2. The molecule has 3 heteroatoms. The number of hydrogen-bond acceptors (Lipinski definition) is 2. The molecule has 60 valence electrons. The van der Waals surface area contributed by atoms with Gasteiger partial charge in [-0.1, -0.05) is 32.6 Å². The van der Waals surface area contributed by atoms with Crippen molar-refractivity contribution in [2.45, 2.75) is 45.4 Å². The standard InChI is InChI=1S/C8H16O2.Na/c1-2-3-4-5-6-7-8(9)10;/h2-7H2,1H3,(H,9,10);/q;+1/p-1/i7D2;. The number of unbranched alkanes of at least 4 members (excludes halogenated alkanes) is 3. The van der Waals surface area contributed by atoms with E-state index in [4.69, 9.17) is 2.74 Å². The minimum Gasteiger partial charge on any atom is -0.550 e. The third-order valence-corrected chi connectivity index (χ3v) is 1.30. The monoisotopic (exact) mass is 168 g/mol. The van der Waals surface area contributed by atoms with Crippen LogP contribution in [-0.4, -0.2) is 5.97 Å². The number of carboxylic acid groups (broad SMARTS) is 1. The average Bonchev–Trinajstić information content (AvgIpc) is 1.98. The summed E-state index contributed by atoms with van der Waals surface area (Å²) in [7, 11) is 0. The molecule has 0 amide bonds. The third kappa shape index (κ3) is 13.5. The van der Waals surface area contributed by atoms with Gasteiger partial charge in [-0.2, -0.15) is 0 Å². The summed E-state index contributed by atoms with van der Waals surface area (Å²) < 4.78 is 14.0. The van der Waals surface area contributed by atoms with E-state index in [-0.39, 0.29) is 36.0 Å². The quantitative estimate of drug-likeness (QED) is 0.343. The van der Waals surface area contributed by atoms with Gasteiger partial charge >= 0.3 is 29.6 Å². The van der Waals surface area contributed by atoms with Crippen LogP contribution < -0.4 is 34.7 Å². The second-order valence-corrected chi connectivity index (χ2v) is 2.27. The molecule has 0 fully saturated rings. The van der Waals surface area contributed by atoms with Crippen LogP contribution in [0.1, 0.15) is 48.1 Å². The number of carbonyl (C=O) groups is 1. The van der Waals surface area contributed by atoms with Crippen molar-refractivity contribution in [1.82, 2.24) is 0 Å². The van der Waals surface area contributed by atoms with Gasteiger partial charge < -0.3 is 9.90 Å². The van der Waals surface area contributed by atoms with Crippen molar-refractivity contribution in [3.63, 3.8) is 0 Å². The Kier molecular flexibility index (Phi) is 9.10. The Hall–Kier alpha value is 0.470. The van der Waals surface area contributed by atoms with E-state index < -0.39 is 12.3 Å². The molecular formula is C8H15NaO2. The number of hydrogen-bond donors (Lipinski definition) is 0. The number of carbonyl (C=O) groups excluding carboxylic acids is 1. The van der Waals surface area contributed by atoms with E-state index in [9.17, 15) is 9.90 Å². The van der Waals surface area contributed by atoms with Gasteiger partial charge in [0.25, 0.3) is 0 Å². The summed E-state index contributed by atoms with van der Waals surface area (Å²) >= 11 is 0. The van der Waals surface area contributed by atoms with Gasteiger partial charge in [0.15, 0.2) is 0 Å². The molecule has 0 radical (unpaired) electrons. The van der Waals surface area contributed by atoms with Crippen molar-refractivity contribution in [2.24, 2.45) is 0 Å². The van der Waals surface area contributed by atoms with Crippen LogP contribution in [0.2, 0.25) is 0 Å². The SMILES string of the molecule is [2H]C([2H])(CCCCCC)C(=O)[O-].[Na+]. The van der Waals surface area contributed by atoms with Gasteiger partial charge in [0, 0.05) is 8.71 Å². The molecule has 0 aliphatic rings. The van der Waals surface area contributed by atoms with Crippen LogP contribution in [0, 0.1) is 0 Å². The van der Waals surface area contributed by atoms with E-state index in [2.05, 4.69) is 0 Å². The zero-order valence-electron chi connectivity index (χ0n) is 9.35. The van der Waals surface area contributed by atoms with E-state index in [1.807, 2.05) is 6.92 Å². The maximum Gasteiger partial charge on any atom is 1.00 e. The van der Waals surface area contributed by atoms with Crippen LogP contribution >= 0.6 is 0 Å². The number of carboxylic acids is 1. The maximum atomic E-state index is 10.2. The number of rotatable bonds is 6. The molecule has 2 nitrogen and oxygen atoms in total. The normalized spacial score (nSPS) is 12.8. The molecule has 0 spiro atoms. The van der Waals surface area contributed by atoms with E-state index in [1.165, 1.54) is 0 Å². The predicted molar refractivity (Wildman–Crippen MR) is 38.4 cm³/mol. The molecule has 0 rings (SSSR count). The Labute approximate surface area is 93.5 Å². The van der Waals surface area contributed by atoms with Gasteiger partial charge in [-0.15, -0.1) is 0 Å². The van der Waals surface area contributed by atoms with Crippen LogP contribution in [0.25, 0.3) is 0 Å². The van der Waals surface area contributed by atoms with Crippen molar-refractivity contribution < 1.29 is 42.2 Å². The van der Waals surface area contributed by atoms with E-state index in [0.717, 1.165) is 19.3 Å². The van der Waals surface area contributed by atoms with E-state index in [0.29, 0.717) is 6.42 Å². The van der Waals surface area contributed by atoms with Gasteiger partial charge in [0.1, 0.15) is 0 Å². The summed E-state index contributed by atoms with van der Waals surface area (Å²) in [6, 6.07) is 0. The van der Waals surface area contributed by atoms with Crippen LogP contribution in [0.5, 0.6) is 0 Å². The minimum absolute atomic E-state index is 0. The molecule has 0 unspecified atom stereocenters. The second-order valence-electron chi connectivity index (χ2n) is 2.27. The second kappa shape index (κ2) is 10.5. The Morgan fingerprint density at radius 2 is 1.91 bits per heavy atom. The average molecular weight is 168 g/mol. The molecule has 0 saturated heterocycles. The molecule has 0 aromatic carbocycles. The Morgan fingerprint density at radius 1 is 1.36 bits per heavy atom. The zero-order chi connectivity index (χ0) is 9.61. The van der Waals surface area contributed by atoms with Gasteiger partial charge in [0.05, 0.1) is 0 Å². The topological polar surface area (TPSA) is 40.1 Å². The van der Waals surface area contributed by atoms with Gasteiger partial charge in [-0.25, -0.2) is 0 Å². The van der Waals surface area contributed by atoms with Crippen molar-refractivity contribution >= 4 is 5.97 Å². The Bertz CT molecular complexity index is 151.